The van der Waals surface area contributed by atoms with Crippen LogP contribution >= 0.6 is 0 Å². The number of hydrogen-bond donors (Lipinski definition) is 2. The van der Waals surface area contributed by atoms with Gasteiger partial charge in [-0.25, -0.2) is 4.79 Å². The van der Waals surface area contributed by atoms with Crippen molar-refractivity contribution in [3.63, 3.8) is 0 Å². The molecule has 0 aliphatic heterocycles. The zero-order valence-electron chi connectivity index (χ0n) is 7.59. The third-order valence-corrected chi connectivity index (χ3v) is 2.11. The Kier molecular flexibility index (Phi) is 2.64. The summed E-state index contributed by atoms with van der Waals surface area (Å²) in [4.78, 5) is 10.8. The minimum Gasteiger partial charge on any atom is -0.476 e. The van der Waals surface area contributed by atoms with E-state index in [9.17, 15) is 4.79 Å². The number of aliphatic carboxylic acids is 1. The topological polar surface area (TPSA) is 63.3 Å². The molecule has 0 aliphatic carbocycles. The number of likely N-dealkylation sites (N-methyl/N-ethyl adjacent to an activating group) is 1. The molecule has 11 heavy (non-hydrogen) atoms. The minimum absolute atomic E-state index is 0.235. The summed E-state index contributed by atoms with van der Waals surface area (Å²) in [6.45, 7) is 1.78. The van der Waals surface area contributed by atoms with Crippen LogP contribution in [0, 0.1) is 0 Å². The van der Waals surface area contributed by atoms with Crippen molar-refractivity contribution >= 4 is 5.97 Å². The number of rotatable bonds is 3. The molecule has 3 N–H and O–H groups in total. The van der Waals surface area contributed by atoms with Crippen LogP contribution in [0.4, 0.5) is 0 Å². The molecule has 0 spiro atoms. The fourth-order valence-electron chi connectivity index (χ4n) is 0.912. The number of carboxylic acids is 1. The first-order valence-corrected chi connectivity index (χ1v) is 3.59. The van der Waals surface area contributed by atoms with Crippen molar-refractivity contribution in [1.82, 2.24) is 0 Å². The van der Waals surface area contributed by atoms with Crippen molar-refractivity contribution in [2.45, 2.75) is 19.0 Å². The molecule has 0 bridgehead atoms. The van der Waals surface area contributed by atoms with Gasteiger partial charge in [-0.2, -0.15) is 0 Å². The van der Waals surface area contributed by atoms with Gasteiger partial charge in [0.15, 0.2) is 0 Å². The van der Waals surface area contributed by atoms with Crippen molar-refractivity contribution in [1.29, 1.82) is 0 Å². The summed E-state index contributed by atoms with van der Waals surface area (Å²) in [5.41, 5.74) is 4.52. The van der Waals surface area contributed by atoms with Crippen LogP contribution in [0.3, 0.4) is 0 Å². The van der Waals surface area contributed by atoms with Gasteiger partial charge < -0.3 is 9.59 Å². The molecule has 66 valence electrons. The van der Waals surface area contributed by atoms with E-state index in [4.69, 9.17) is 10.8 Å². The smallest absolute Gasteiger partial charge is 0.381 e. The number of nitrogens with zero attached hydrogens (tertiary/aromatic N) is 1. The molecule has 4 nitrogen and oxygen atoms in total. The fourth-order valence-corrected chi connectivity index (χ4v) is 0.912. The highest BCUT2D eigenvalue weighted by atomic mass is 16.4. The maximum Gasteiger partial charge on any atom is 0.381 e. The van der Waals surface area contributed by atoms with E-state index in [1.54, 1.807) is 28.1 Å². The largest absolute Gasteiger partial charge is 0.476 e. The summed E-state index contributed by atoms with van der Waals surface area (Å²) in [7, 11) is 5.33. The minimum atomic E-state index is -1.17. The van der Waals surface area contributed by atoms with Gasteiger partial charge in [0, 0.05) is 6.42 Å². The Hall–Kier alpha value is -0.610. The van der Waals surface area contributed by atoms with Gasteiger partial charge in [-0.3, -0.25) is 5.73 Å². The molecule has 0 saturated heterocycles. The summed E-state index contributed by atoms with van der Waals surface area (Å²) in [6.07, 6.45) is 0.422. The number of carbonyl (C=O) groups is 1. The van der Waals surface area contributed by atoms with E-state index in [-0.39, 0.29) is 4.48 Å². The van der Waals surface area contributed by atoms with E-state index < -0.39 is 11.6 Å². The quantitative estimate of drug-likeness (QED) is 0.446. The first-order chi connectivity index (χ1) is 4.75. The van der Waals surface area contributed by atoms with E-state index in [1.807, 2.05) is 0 Å². The van der Waals surface area contributed by atoms with Crippen molar-refractivity contribution in [3.8, 4) is 0 Å². The average Bonchev–Trinajstić information content (AvgIpc) is 1.83. The Morgan fingerprint density at radius 1 is 1.55 bits per heavy atom. The molecule has 0 radical (unpaired) electrons. The van der Waals surface area contributed by atoms with Crippen LogP contribution in [0.1, 0.15) is 13.3 Å². The van der Waals surface area contributed by atoms with Crippen molar-refractivity contribution in [2.75, 3.05) is 21.1 Å². The summed E-state index contributed by atoms with van der Waals surface area (Å²) < 4.78 is 0.235. The molecule has 0 heterocycles. The third kappa shape index (κ3) is 1.70. The first kappa shape index (κ1) is 10.4. The standard InChI is InChI=1S/C7H16N2O2/c1-5-7(8,6(10)11)9(2,3)4/h5,8H2,1-4H3/p+1. The van der Waals surface area contributed by atoms with Crippen LogP contribution in [0.5, 0.6) is 0 Å². The maximum absolute atomic E-state index is 10.8. The van der Waals surface area contributed by atoms with Crippen LogP contribution in [-0.2, 0) is 4.79 Å². The van der Waals surface area contributed by atoms with Crippen LogP contribution in [0.15, 0.2) is 0 Å². The molecule has 4 heteroatoms. The zero-order valence-corrected chi connectivity index (χ0v) is 7.59. The fraction of sp³-hybridized carbons (Fsp3) is 0.857. The highest BCUT2D eigenvalue weighted by molar-refractivity contribution is 5.76. The zero-order chi connectivity index (χ0) is 9.28. The maximum atomic E-state index is 10.8. The summed E-state index contributed by atoms with van der Waals surface area (Å²) in [5, 5.41) is 8.83. The Morgan fingerprint density at radius 3 is 1.91 bits per heavy atom. The lowest BCUT2D eigenvalue weighted by Crippen LogP contribution is -2.67. The molecule has 1 atom stereocenters. The van der Waals surface area contributed by atoms with E-state index in [1.165, 1.54) is 0 Å². The normalized spacial score (nSPS) is 17.5. The second kappa shape index (κ2) is 2.79. The average molecular weight is 161 g/mol. The predicted octanol–water partition coefficient (Wildman–Crippen LogP) is -0.158. The number of quaternary nitrogens is 1. The summed E-state index contributed by atoms with van der Waals surface area (Å²) in [6, 6.07) is 0. The van der Waals surface area contributed by atoms with Crippen LogP contribution < -0.4 is 5.73 Å². The van der Waals surface area contributed by atoms with Crippen molar-refractivity contribution in [2.24, 2.45) is 5.73 Å². The summed E-state index contributed by atoms with van der Waals surface area (Å²) in [5.74, 6) is -0.951. The molecule has 0 aromatic carbocycles. The lowest BCUT2D eigenvalue weighted by atomic mass is 10.1. The molecule has 0 aromatic heterocycles. The molecule has 0 amide bonds. The molecule has 0 aliphatic rings. The van der Waals surface area contributed by atoms with Crippen LogP contribution in [0.2, 0.25) is 0 Å². The molecule has 0 aromatic rings. The van der Waals surface area contributed by atoms with Gasteiger partial charge in [-0.15, -0.1) is 0 Å². The Morgan fingerprint density at radius 2 is 1.91 bits per heavy atom. The number of carboxylic acid groups (broad SMARTS) is 1. The lowest BCUT2D eigenvalue weighted by Gasteiger charge is -2.39. The highest BCUT2D eigenvalue weighted by Crippen LogP contribution is 2.16. The van der Waals surface area contributed by atoms with Gasteiger partial charge in [0.25, 0.3) is 0 Å². The number of hydrogen-bond acceptors (Lipinski definition) is 2. The Labute approximate surface area is 67.2 Å². The third-order valence-electron chi connectivity index (χ3n) is 2.11. The summed E-state index contributed by atoms with van der Waals surface area (Å²) >= 11 is 0. The van der Waals surface area contributed by atoms with Crippen molar-refractivity contribution in [3.05, 3.63) is 0 Å². The Bertz CT molecular complexity index is 162. The van der Waals surface area contributed by atoms with E-state index >= 15 is 0 Å². The molecule has 0 fully saturated rings. The van der Waals surface area contributed by atoms with E-state index in [0.29, 0.717) is 6.42 Å². The molecule has 0 rings (SSSR count). The molecular formula is C7H17N2O2+. The van der Waals surface area contributed by atoms with Gasteiger partial charge in [-0.05, 0) is 0 Å². The van der Waals surface area contributed by atoms with Crippen LogP contribution in [0.25, 0.3) is 0 Å². The second-order valence-corrected chi connectivity index (χ2v) is 3.60. The van der Waals surface area contributed by atoms with Gasteiger partial charge in [0.05, 0.1) is 21.1 Å². The molecular weight excluding hydrogens is 144 g/mol. The predicted molar refractivity (Wildman–Crippen MR) is 42.9 cm³/mol. The second-order valence-electron chi connectivity index (χ2n) is 3.60. The number of nitrogens with two attached hydrogens (primary N) is 1. The Balaban J connectivity index is 4.75. The lowest BCUT2D eigenvalue weighted by molar-refractivity contribution is -0.914. The molecule has 0 saturated carbocycles. The first-order valence-electron chi connectivity index (χ1n) is 3.59. The van der Waals surface area contributed by atoms with Crippen LogP contribution in [-0.4, -0.2) is 42.4 Å². The van der Waals surface area contributed by atoms with Gasteiger partial charge in [-0.1, -0.05) is 6.92 Å². The van der Waals surface area contributed by atoms with Gasteiger partial charge in [0.1, 0.15) is 0 Å². The highest BCUT2D eigenvalue weighted by Gasteiger charge is 2.45. The molecule has 1 unspecified atom stereocenters. The SMILES string of the molecule is CCC(N)(C(=O)O)[N+](C)(C)C. The van der Waals surface area contributed by atoms with Crippen molar-refractivity contribution < 1.29 is 14.4 Å². The van der Waals surface area contributed by atoms with E-state index in [0.717, 1.165) is 0 Å². The van der Waals surface area contributed by atoms with E-state index in [2.05, 4.69) is 0 Å². The monoisotopic (exact) mass is 161 g/mol. The van der Waals surface area contributed by atoms with Gasteiger partial charge in [0.2, 0.25) is 5.66 Å². The van der Waals surface area contributed by atoms with Gasteiger partial charge >= 0.3 is 5.97 Å².